The van der Waals surface area contributed by atoms with Crippen molar-refractivity contribution in [3.8, 4) is 0 Å². The maximum Gasteiger partial charge on any atom is -0.00457 e. The van der Waals surface area contributed by atoms with E-state index in [2.05, 4.69) is 58.9 Å². The third kappa shape index (κ3) is 4.65. The van der Waals surface area contributed by atoms with Gasteiger partial charge in [-0.1, -0.05) is 71.7 Å². The maximum atomic E-state index is 5.88. The lowest BCUT2D eigenvalue weighted by Gasteiger charge is -2.25. The van der Waals surface area contributed by atoms with E-state index < -0.39 is 0 Å². The first-order chi connectivity index (χ1) is 8.90. The number of benzene rings is 1. The van der Waals surface area contributed by atoms with Crippen molar-refractivity contribution >= 4 is 0 Å². The normalized spacial score (nSPS) is 15.3. The molecular formula is C18H31N. The Morgan fingerprint density at radius 3 is 2.11 bits per heavy atom. The minimum atomic E-state index is 0.233. The van der Waals surface area contributed by atoms with Crippen molar-refractivity contribution in [2.24, 2.45) is 11.7 Å². The van der Waals surface area contributed by atoms with E-state index >= 15 is 0 Å². The molecule has 0 spiro atoms. The van der Waals surface area contributed by atoms with Crippen LogP contribution >= 0.6 is 0 Å². The molecule has 0 aliphatic heterocycles. The van der Waals surface area contributed by atoms with Gasteiger partial charge in [0.25, 0.3) is 0 Å². The molecule has 2 N–H and O–H groups in total. The van der Waals surface area contributed by atoms with E-state index in [1.807, 2.05) is 0 Å². The van der Waals surface area contributed by atoms with Crippen LogP contribution in [0.5, 0.6) is 0 Å². The summed E-state index contributed by atoms with van der Waals surface area (Å²) >= 11 is 0. The van der Waals surface area contributed by atoms with E-state index in [-0.39, 0.29) is 5.41 Å². The van der Waals surface area contributed by atoms with Gasteiger partial charge in [0.2, 0.25) is 0 Å². The van der Waals surface area contributed by atoms with Crippen LogP contribution in [-0.2, 0) is 5.41 Å². The molecule has 0 aliphatic rings. The fraction of sp³-hybridized carbons (Fsp3) is 0.667. The van der Waals surface area contributed by atoms with Crippen LogP contribution in [-0.4, -0.2) is 6.54 Å². The Labute approximate surface area is 119 Å². The second kappa shape index (κ2) is 7.09. The number of hydrogen-bond donors (Lipinski definition) is 1. The zero-order valence-electron chi connectivity index (χ0n) is 13.4. The molecule has 1 nitrogen and oxygen atoms in total. The van der Waals surface area contributed by atoms with Crippen LogP contribution in [0.4, 0.5) is 0 Å². The van der Waals surface area contributed by atoms with Gasteiger partial charge in [0, 0.05) is 0 Å². The lowest BCUT2D eigenvalue weighted by Crippen LogP contribution is -2.19. The molecule has 0 heterocycles. The molecule has 0 aromatic heterocycles. The minimum absolute atomic E-state index is 0.233. The van der Waals surface area contributed by atoms with E-state index in [9.17, 15) is 0 Å². The van der Waals surface area contributed by atoms with Gasteiger partial charge in [-0.05, 0) is 41.3 Å². The van der Waals surface area contributed by atoms with Crippen LogP contribution in [0.15, 0.2) is 24.3 Å². The van der Waals surface area contributed by atoms with E-state index in [4.69, 9.17) is 5.73 Å². The Bertz CT molecular complexity index is 358. The van der Waals surface area contributed by atoms with Gasteiger partial charge in [-0.3, -0.25) is 0 Å². The predicted molar refractivity (Wildman–Crippen MR) is 85.6 cm³/mol. The summed E-state index contributed by atoms with van der Waals surface area (Å²) in [7, 11) is 0. The summed E-state index contributed by atoms with van der Waals surface area (Å²) in [6, 6.07) is 9.20. The molecule has 0 amide bonds. The quantitative estimate of drug-likeness (QED) is 0.778. The molecule has 0 bridgehead atoms. The highest BCUT2D eigenvalue weighted by Gasteiger charge is 2.19. The van der Waals surface area contributed by atoms with Crippen LogP contribution in [0.25, 0.3) is 0 Å². The number of hydrogen-bond acceptors (Lipinski definition) is 1. The third-order valence-electron chi connectivity index (χ3n) is 4.13. The molecule has 19 heavy (non-hydrogen) atoms. The van der Waals surface area contributed by atoms with Crippen molar-refractivity contribution in [3.05, 3.63) is 35.4 Å². The minimum Gasteiger partial charge on any atom is -0.330 e. The monoisotopic (exact) mass is 261 g/mol. The van der Waals surface area contributed by atoms with Gasteiger partial charge in [0.15, 0.2) is 0 Å². The van der Waals surface area contributed by atoms with Gasteiger partial charge in [-0.25, -0.2) is 0 Å². The van der Waals surface area contributed by atoms with Gasteiger partial charge in [0.05, 0.1) is 0 Å². The van der Waals surface area contributed by atoms with Gasteiger partial charge in [0.1, 0.15) is 0 Å². The highest BCUT2D eigenvalue weighted by molar-refractivity contribution is 5.29. The van der Waals surface area contributed by atoms with Crippen LogP contribution in [0, 0.1) is 5.92 Å². The van der Waals surface area contributed by atoms with Crippen LogP contribution in [0.2, 0.25) is 0 Å². The van der Waals surface area contributed by atoms with Crippen molar-refractivity contribution in [2.45, 2.75) is 65.2 Å². The second-order valence-electron chi connectivity index (χ2n) is 6.83. The second-order valence-corrected chi connectivity index (χ2v) is 6.83. The first-order valence-electron chi connectivity index (χ1n) is 7.70. The molecule has 0 fully saturated rings. The molecular weight excluding hydrogens is 230 g/mol. The topological polar surface area (TPSA) is 26.0 Å². The summed E-state index contributed by atoms with van der Waals surface area (Å²) < 4.78 is 0. The van der Waals surface area contributed by atoms with Crippen molar-refractivity contribution in [3.63, 3.8) is 0 Å². The summed E-state index contributed by atoms with van der Waals surface area (Å²) in [6.45, 7) is 12.1. The molecule has 108 valence electrons. The highest BCUT2D eigenvalue weighted by atomic mass is 14.5. The predicted octanol–water partition coefficient (Wildman–Crippen LogP) is 4.85. The molecule has 0 aliphatic carbocycles. The molecule has 1 aromatic carbocycles. The largest absolute Gasteiger partial charge is 0.330 e. The van der Waals surface area contributed by atoms with Crippen molar-refractivity contribution in [1.29, 1.82) is 0 Å². The Morgan fingerprint density at radius 2 is 1.68 bits per heavy atom. The van der Waals surface area contributed by atoms with Crippen LogP contribution in [0.3, 0.4) is 0 Å². The summed E-state index contributed by atoms with van der Waals surface area (Å²) in [6.07, 6.45) is 3.80. The molecule has 1 heteroatoms. The summed E-state index contributed by atoms with van der Waals surface area (Å²) in [5.74, 6) is 1.17. The molecule has 0 saturated carbocycles. The maximum absolute atomic E-state index is 5.88. The fourth-order valence-electron chi connectivity index (χ4n) is 2.60. The summed E-state index contributed by atoms with van der Waals surface area (Å²) in [5.41, 5.74) is 8.98. The molecule has 2 atom stereocenters. The van der Waals surface area contributed by atoms with Crippen molar-refractivity contribution in [2.75, 3.05) is 6.54 Å². The van der Waals surface area contributed by atoms with E-state index in [1.54, 1.807) is 0 Å². The van der Waals surface area contributed by atoms with Crippen molar-refractivity contribution in [1.82, 2.24) is 0 Å². The average Bonchev–Trinajstić information content (AvgIpc) is 2.38. The van der Waals surface area contributed by atoms with Crippen LogP contribution in [0.1, 0.15) is 70.9 Å². The molecule has 1 rings (SSSR count). The van der Waals surface area contributed by atoms with Gasteiger partial charge in [-0.15, -0.1) is 0 Å². The molecule has 0 radical (unpaired) electrons. The van der Waals surface area contributed by atoms with Crippen molar-refractivity contribution < 1.29 is 0 Å². The lowest BCUT2D eigenvalue weighted by atomic mass is 9.81. The Kier molecular flexibility index (Phi) is 6.06. The molecule has 0 saturated heterocycles. The molecule has 2 unspecified atom stereocenters. The van der Waals surface area contributed by atoms with E-state index in [1.165, 1.54) is 30.4 Å². The number of rotatable bonds is 6. The molecule has 1 aromatic rings. The zero-order valence-corrected chi connectivity index (χ0v) is 13.4. The number of nitrogens with two attached hydrogens (primary N) is 1. The Balaban J connectivity index is 2.90. The van der Waals surface area contributed by atoms with Gasteiger partial charge >= 0.3 is 0 Å². The average molecular weight is 261 g/mol. The van der Waals surface area contributed by atoms with Gasteiger partial charge in [-0.2, -0.15) is 0 Å². The summed E-state index contributed by atoms with van der Waals surface area (Å²) in [4.78, 5) is 0. The van der Waals surface area contributed by atoms with E-state index in [0.717, 1.165) is 6.54 Å². The lowest BCUT2D eigenvalue weighted by molar-refractivity contribution is 0.430. The Morgan fingerprint density at radius 1 is 1.11 bits per heavy atom. The SMILES string of the molecule is CCCCC(c1ccc(C(C)(C)C)cc1)C(C)CN. The third-order valence-corrected chi connectivity index (χ3v) is 4.13. The Hall–Kier alpha value is -0.820. The van der Waals surface area contributed by atoms with Crippen LogP contribution < -0.4 is 5.73 Å². The smallest absolute Gasteiger partial charge is 0.00457 e. The fourth-order valence-corrected chi connectivity index (χ4v) is 2.60. The van der Waals surface area contributed by atoms with Gasteiger partial charge < -0.3 is 5.73 Å². The zero-order chi connectivity index (χ0) is 14.5. The summed E-state index contributed by atoms with van der Waals surface area (Å²) in [5, 5.41) is 0. The number of unbranched alkanes of at least 4 members (excludes halogenated alkanes) is 1. The first-order valence-corrected chi connectivity index (χ1v) is 7.70. The highest BCUT2D eigenvalue weighted by Crippen LogP contribution is 2.31. The first kappa shape index (κ1) is 16.2. The standard InChI is InChI=1S/C18H31N/c1-6-7-8-17(14(2)13-19)15-9-11-16(12-10-15)18(3,4)5/h9-12,14,17H,6-8,13,19H2,1-5H3. The van der Waals surface area contributed by atoms with E-state index in [0.29, 0.717) is 11.8 Å².